The topological polar surface area (TPSA) is 32.3 Å². The van der Waals surface area contributed by atoms with Crippen LogP contribution in [0.15, 0.2) is 24.3 Å². The van der Waals surface area contributed by atoms with Crippen LogP contribution in [0.5, 0.6) is 0 Å². The molecule has 1 aliphatic rings. The summed E-state index contributed by atoms with van der Waals surface area (Å²) in [5.41, 5.74) is 0.636. The van der Waals surface area contributed by atoms with Crippen LogP contribution in [-0.4, -0.2) is 37.0 Å². The molecular weight excluding hydrogens is 236 g/mol. The van der Waals surface area contributed by atoms with Crippen LogP contribution >= 0.6 is 11.6 Å². The molecule has 0 bridgehead atoms. The lowest BCUT2D eigenvalue weighted by atomic mass is 10.0. The second-order valence-corrected chi connectivity index (χ2v) is 5.00. The number of carbonyl (C=O) groups excluding carboxylic acids is 1. The van der Waals surface area contributed by atoms with E-state index in [9.17, 15) is 4.79 Å². The average Bonchev–Trinajstić information content (AvgIpc) is 2.32. The highest BCUT2D eigenvalue weighted by Crippen LogP contribution is 2.12. The molecule has 0 aromatic heterocycles. The lowest BCUT2D eigenvalue weighted by Gasteiger charge is -2.29. The van der Waals surface area contributed by atoms with Gasteiger partial charge in [-0.3, -0.25) is 4.79 Å². The van der Waals surface area contributed by atoms with E-state index >= 15 is 0 Å². The number of benzene rings is 1. The zero-order valence-electron chi connectivity index (χ0n) is 9.95. The minimum Gasteiger partial charge on any atom is -0.349 e. The number of hydrogen-bond donors (Lipinski definition) is 1. The summed E-state index contributed by atoms with van der Waals surface area (Å²) >= 11 is 5.86. The number of nitrogens with one attached hydrogen (secondary N) is 1. The van der Waals surface area contributed by atoms with Gasteiger partial charge in [-0.05, 0) is 51.2 Å². The summed E-state index contributed by atoms with van der Waals surface area (Å²) in [5, 5.41) is 3.66. The summed E-state index contributed by atoms with van der Waals surface area (Å²) < 4.78 is 0. The van der Waals surface area contributed by atoms with Gasteiger partial charge in [0.1, 0.15) is 0 Å². The molecule has 0 radical (unpaired) electrons. The lowest BCUT2D eigenvalue weighted by Crippen LogP contribution is -2.43. The van der Waals surface area contributed by atoms with Crippen molar-refractivity contribution >= 4 is 17.5 Å². The number of halogens is 1. The van der Waals surface area contributed by atoms with E-state index in [1.807, 2.05) is 0 Å². The minimum atomic E-state index is -0.0259. The summed E-state index contributed by atoms with van der Waals surface area (Å²) in [6, 6.07) is 7.35. The Morgan fingerprint density at radius 2 is 2.12 bits per heavy atom. The molecular formula is C13H17ClN2O. The number of amides is 1. The third-order valence-electron chi connectivity index (χ3n) is 3.14. The Morgan fingerprint density at radius 3 is 2.76 bits per heavy atom. The predicted molar refractivity (Wildman–Crippen MR) is 69.4 cm³/mol. The molecule has 4 heteroatoms. The molecule has 0 spiro atoms. The summed E-state index contributed by atoms with van der Waals surface area (Å²) in [5.74, 6) is -0.0259. The second-order valence-electron chi connectivity index (χ2n) is 4.56. The zero-order chi connectivity index (χ0) is 12.3. The first-order chi connectivity index (χ1) is 8.15. The van der Waals surface area contributed by atoms with E-state index in [0.717, 1.165) is 25.9 Å². The van der Waals surface area contributed by atoms with Gasteiger partial charge in [0.25, 0.3) is 5.91 Å². The number of likely N-dealkylation sites (tertiary alicyclic amines) is 1. The molecule has 0 saturated carbocycles. The van der Waals surface area contributed by atoms with Crippen LogP contribution in [0.25, 0.3) is 0 Å². The van der Waals surface area contributed by atoms with Crippen LogP contribution in [0, 0.1) is 0 Å². The molecule has 1 aromatic carbocycles. The van der Waals surface area contributed by atoms with E-state index in [1.165, 1.54) is 0 Å². The molecule has 1 heterocycles. The second kappa shape index (κ2) is 5.52. The Bertz CT molecular complexity index is 400. The third kappa shape index (κ3) is 3.45. The van der Waals surface area contributed by atoms with E-state index in [2.05, 4.69) is 17.3 Å². The lowest BCUT2D eigenvalue weighted by molar-refractivity contribution is 0.0917. The molecule has 1 aliphatic heterocycles. The van der Waals surface area contributed by atoms with Crippen LogP contribution in [0.4, 0.5) is 0 Å². The van der Waals surface area contributed by atoms with Gasteiger partial charge in [0.15, 0.2) is 0 Å². The van der Waals surface area contributed by atoms with Gasteiger partial charge in [-0.2, -0.15) is 0 Å². The molecule has 0 atom stereocenters. The van der Waals surface area contributed by atoms with E-state index in [4.69, 9.17) is 11.6 Å². The third-order valence-corrected chi connectivity index (χ3v) is 3.38. The van der Waals surface area contributed by atoms with Gasteiger partial charge in [-0.1, -0.05) is 17.7 Å². The molecule has 17 heavy (non-hydrogen) atoms. The van der Waals surface area contributed by atoms with Gasteiger partial charge >= 0.3 is 0 Å². The zero-order valence-corrected chi connectivity index (χ0v) is 10.7. The summed E-state index contributed by atoms with van der Waals surface area (Å²) in [6.45, 7) is 2.08. The first-order valence-corrected chi connectivity index (χ1v) is 6.28. The SMILES string of the molecule is CN1CCC(NC(=O)c2cccc(Cl)c2)CC1. The summed E-state index contributed by atoms with van der Waals surface area (Å²) in [4.78, 5) is 14.2. The van der Waals surface area contributed by atoms with Gasteiger partial charge in [0, 0.05) is 16.6 Å². The summed E-state index contributed by atoms with van der Waals surface area (Å²) in [7, 11) is 2.11. The number of piperidine rings is 1. The molecule has 1 saturated heterocycles. The van der Waals surface area contributed by atoms with E-state index < -0.39 is 0 Å². The first-order valence-electron chi connectivity index (χ1n) is 5.90. The Morgan fingerprint density at radius 1 is 1.41 bits per heavy atom. The van der Waals surface area contributed by atoms with Gasteiger partial charge in [0.2, 0.25) is 0 Å². The standard InChI is InChI=1S/C13H17ClN2O/c1-16-7-5-12(6-8-16)15-13(17)10-3-2-4-11(14)9-10/h2-4,9,12H,5-8H2,1H3,(H,15,17). The average molecular weight is 253 g/mol. The number of carbonyl (C=O) groups is 1. The van der Waals surface area contributed by atoms with Crippen molar-refractivity contribution in [3.05, 3.63) is 34.9 Å². The maximum atomic E-state index is 12.0. The Balaban J connectivity index is 1.93. The molecule has 1 aromatic rings. The van der Waals surface area contributed by atoms with Crippen molar-refractivity contribution in [2.24, 2.45) is 0 Å². The molecule has 3 nitrogen and oxygen atoms in total. The van der Waals surface area contributed by atoms with Crippen molar-refractivity contribution in [1.82, 2.24) is 10.2 Å². The predicted octanol–water partition coefficient (Wildman–Crippen LogP) is 2.16. The van der Waals surface area contributed by atoms with Crippen molar-refractivity contribution < 1.29 is 4.79 Å². The molecule has 1 N–H and O–H groups in total. The number of hydrogen-bond acceptors (Lipinski definition) is 2. The highest BCUT2D eigenvalue weighted by Gasteiger charge is 2.18. The fourth-order valence-electron chi connectivity index (χ4n) is 2.05. The molecule has 92 valence electrons. The summed E-state index contributed by atoms with van der Waals surface area (Å²) in [6.07, 6.45) is 2.03. The van der Waals surface area contributed by atoms with Gasteiger partial charge in [-0.15, -0.1) is 0 Å². The van der Waals surface area contributed by atoms with Gasteiger partial charge < -0.3 is 10.2 Å². The minimum absolute atomic E-state index is 0.0259. The van der Waals surface area contributed by atoms with Crippen molar-refractivity contribution in [1.29, 1.82) is 0 Å². The largest absolute Gasteiger partial charge is 0.349 e. The number of rotatable bonds is 2. The van der Waals surface area contributed by atoms with Crippen molar-refractivity contribution in [3.8, 4) is 0 Å². The first kappa shape index (κ1) is 12.4. The van der Waals surface area contributed by atoms with E-state index in [0.29, 0.717) is 10.6 Å². The Hall–Kier alpha value is -1.06. The van der Waals surface area contributed by atoms with Crippen LogP contribution in [-0.2, 0) is 0 Å². The molecule has 1 amide bonds. The van der Waals surface area contributed by atoms with Gasteiger partial charge in [0.05, 0.1) is 0 Å². The van der Waals surface area contributed by atoms with E-state index in [-0.39, 0.29) is 11.9 Å². The Labute approximate surface area is 107 Å². The Kier molecular flexibility index (Phi) is 4.02. The highest BCUT2D eigenvalue weighted by atomic mass is 35.5. The highest BCUT2D eigenvalue weighted by molar-refractivity contribution is 6.30. The van der Waals surface area contributed by atoms with Gasteiger partial charge in [-0.25, -0.2) is 0 Å². The molecule has 2 rings (SSSR count). The van der Waals surface area contributed by atoms with Crippen LogP contribution < -0.4 is 5.32 Å². The maximum absolute atomic E-state index is 12.0. The van der Waals surface area contributed by atoms with Crippen LogP contribution in [0.3, 0.4) is 0 Å². The smallest absolute Gasteiger partial charge is 0.251 e. The number of nitrogens with zero attached hydrogens (tertiary/aromatic N) is 1. The molecule has 0 unspecified atom stereocenters. The maximum Gasteiger partial charge on any atom is 0.251 e. The molecule has 0 aliphatic carbocycles. The van der Waals surface area contributed by atoms with Crippen molar-refractivity contribution in [2.75, 3.05) is 20.1 Å². The van der Waals surface area contributed by atoms with E-state index in [1.54, 1.807) is 24.3 Å². The monoisotopic (exact) mass is 252 g/mol. The fraction of sp³-hybridized carbons (Fsp3) is 0.462. The fourth-order valence-corrected chi connectivity index (χ4v) is 2.24. The quantitative estimate of drug-likeness (QED) is 0.875. The normalized spacial score (nSPS) is 18.0. The van der Waals surface area contributed by atoms with Crippen molar-refractivity contribution in [2.45, 2.75) is 18.9 Å². The molecule has 1 fully saturated rings. The van der Waals surface area contributed by atoms with Crippen LogP contribution in [0.1, 0.15) is 23.2 Å². The van der Waals surface area contributed by atoms with Crippen LogP contribution in [0.2, 0.25) is 5.02 Å². The van der Waals surface area contributed by atoms with Crippen molar-refractivity contribution in [3.63, 3.8) is 0 Å².